The molecule has 1 aromatic carbocycles. The summed E-state index contributed by atoms with van der Waals surface area (Å²) in [6, 6.07) is 8.76. The average Bonchev–Trinajstić information content (AvgIpc) is 2.86. The van der Waals surface area contributed by atoms with E-state index in [2.05, 4.69) is 60.8 Å². The van der Waals surface area contributed by atoms with Crippen molar-refractivity contribution in [3.8, 4) is 0 Å². The number of thioether (sulfide) groups is 1. The first-order chi connectivity index (χ1) is 12.5. The van der Waals surface area contributed by atoms with Gasteiger partial charge in [-0.2, -0.15) is 16.9 Å². The standard InChI is InChI=1S/C20H31N5S/c1-6-21-20(23-13-19-16(3)24-25(5)17(19)4)22-11-12-26-14-18-9-7-15(2)8-10-18/h7-10H,6,11-14H2,1-5H3,(H2,21,22,23). The Kier molecular flexibility index (Phi) is 8.04. The van der Waals surface area contributed by atoms with Crippen LogP contribution in [0.15, 0.2) is 29.3 Å². The van der Waals surface area contributed by atoms with Crippen molar-refractivity contribution in [3.05, 3.63) is 52.3 Å². The number of benzene rings is 1. The second-order valence-corrected chi connectivity index (χ2v) is 7.54. The topological polar surface area (TPSA) is 54.2 Å². The summed E-state index contributed by atoms with van der Waals surface area (Å²) in [6.07, 6.45) is 0. The van der Waals surface area contributed by atoms with Gasteiger partial charge < -0.3 is 10.6 Å². The van der Waals surface area contributed by atoms with Crippen LogP contribution in [0.4, 0.5) is 0 Å². The Morgan fingerprint density at radius 3 is 2.50 bits per heavy atom. The van der Waals surface area contributed by atoms with E-state index in [0.717, 1.165) is 36.2 Å². The quantitative estimate of drug-likeness (QED) is 0.423. The van der Waals surface area contributed by atoms with E-state index >= 15 is 0 Å². The minimum atomic E-state index is 0.650. The van der Waals surface area contributed by atoms with E-state index in [1.54, 1.807) is 0 Å². The molecule has 0 unspecified atom stereocenters. The highest BCUT2D eigenvalue weighted by Gasteiger charge is 2.08. The number of aromatic nitrogens is 2. The largest absolute Gasteiger partial charge is 0.357 e. The summed E-state index contributed by atoms with van der Waals surface area (Å²) in [5.41, 5.74) is 6.13. The summed E-state index contributed by atoms with van der Waals surface area (Å²) in [5, 5.41) is 11.2. The Balaban J connectivity index is 1.79. The van der Waals surface area contributed by atoms with Gasteiger partial charge in [-0.15, -0.1) is 0 Å². The third-order valence-electron chi connectivity index (χ3n) is 4.33. The first-order valence-corrected chi connectivity index (χ1v) is 10.3. The Morgan fingerprint density at radius 2 is 1.88 bits per heavy atom. The molecule has 0 atom stereocenters. The van der Waals surface area contributed by atoms with Gasteiger partial charge in [0.15, 0.2) is 5.96 Å². The van der Waals surface area contributed by atoms with Crippen LogP contribution in [0.25, 0.3) is 0 Å². The zero-order valence-electron chi connectivity index (χ0n) is 16.6. The number of aliphatic imine (C=N–C) groups is 1. The molecule has 6 heteroatoms. The van der Waals surface area contributed by atoms with Gasteiger partial charge >= 0.3 is 0 Å². The lowest BCUT2D eigenvalue weighted by Crippen LogP contribution is -2.38. The summed E-state index contributed by atoms with van der Waals surface area (Å²) < 4.78 is 1.92. The van der Waals surface area contributed by atoms with Gasteiger partial charge in [-0.05, 0) is 33.3 Å². The summed E-state index contributed by atoms with van der Waals surface area (Å²) in [5.74, 6) is 2.96. The lowest BCUT2D eigenvalue weighted by atomic mass is 10.2. The molecule has 0 amide bonds. The van der Waals surface area contributed by atoms with Crippen molar-refractivity contribution in [2.45, 2.75) is 40.0 Å². The Morgan fingerprint density at radius 1 is 1.15 bits per heavy atom. The molecule has 0 fully saturated rings. The second kappa shape index (κ2) is 10.3. The highest BCUT2D eigenvalue weighted by Crippen LogP contribution is 2.13. The first kappa shape index (κ1) is 20.4. The SMILES string of the molecule is CCNC(=NCc1c(C)nn(C)c1C)NCCSCc1ccc(C)cc1. The molecule has 26 heavy (non-hydrogen) atoms. The van der Waals surface area contributed by atoms with Gasteiger partial charge in [-0.25, -0.2) is 4.99 Å². The van der Waals surface area contributed by atoms with E-state index in [0.29, 0.717) is 6.54 Å². The molecule has 2 aromatic rings. The van der Waals surface area contributed by atoms with Crippen molar-refractivity contribution < 1.29 is 0 Å². The summed E-state index contributed by atoms with van der Waals surface area (Å²) in [6.45, 7) is 10.7. The minimum Gasteiger partial charge on any atom is -0.357 e. The fourth-order valence-electron chi connectivity index (χ4n) is 2.66. The molecule has 0 aliphatic carbocycles. The van der Waals surface area contributed by atoms with Gasteiger partial charge in [0.2, 0.25) is 0 Å². The third-order valence-corrected chi connectivity index (χ3v) is 5.36. The monoisotopic (exact) mass is 373 g/mol. The molecule has 142 valence electrons. The van der Waals surface area contributed by atoms with Crippen LogP contribution in [-0.2, 0) is 19.3 Å². The lowest BCUT2D eigenvalue weighted by molar-refractivity contribution is 0.730. The molecule has 0 radical (unpaired) electrons. The van der Waals surface area contributed by atoms with Crippen LogP contribution in [0, 0.1) is 20.8 Å². The molecule has 0 saturated carbocycles. The maximum Gasteiger partial charge on any atom is 0.191 e. The van der Waals surface area contributed by atoms with Crippen molar-refractivity contribution in [2.75, 3.05) is 18.8 Å². The fraction of sp³-hybridized carbons (Fsp3) is 0.500. The van der Waals surface area contributed by atoms with E-state index in [-0.39, 0.29) is 0 Å². The van der Waals surface area contributed by atoms with Gasteiger partial charge in [0.25, 0.3) is 0 Å². The Bertz CT molecular complexity index is 719. The van der Waals surface area contributed by atoms with E-state index < -0.39 is 0 Å². The molecule has 0 aliphatic heterocycles. The lowest BCUT2D eigenvalue weighted by Gasteiger charge is -2.11. The summed E-state index contributed by atoms with van der Waals surface area (Å²) >= 11 is 1.94. The van der Waals surface area contributed by atoms with E-state index in [1.165, 1.54) is 22.4 Å². The molecule has 1 heterocycles. The zero-order valence-corrected chi connectivity index (χ0v) is 17.4. The molecule has 2 rings (SSSR count). The Labute approximate surface area is 161 Å². The molecular weight excluding hydrogens is 342 g/mol. The van der Waals surface area contributed by atoms with E-state index in [9.17, 15) is 0 Å². The normalized spacial score (nSPS) is 11.7. The van der Waals surface area contributed by atoms with Crippen LogP contribution in [0.1, 0.15) is 35.0 Å². The number of hydrogen-bond acceptors (Lipinski definition) is 3. The van der Waals surface area contributed by atoms with Crippen molar-refractivity contribution >= 4 is 17.7 Å². The maximum absolute atomic E-state index is 4.72. The fourth-order valence-corrected chi connectivity index (χ4v) is 3.48. The number of nitrogens with zero attached hydrogens (tertiary/aromatic N) is 3. The van der Waals surface area contributed by atoms with E-state index in [1.807, 2.05) is 30.4 Å². The molecule has 0 bridgehead atoms. The molecular formula is C20H31N5S. The van der Waals surface area contributed by atoms with Crippen LogP contribution in [0.5, 0.6) is 0 Å². The molecule has 5 nitrogen and oxygen atoms in total. The molecule has 1 aromatic heterocycles. The van der Waals surface area contributed by atoms with Crippen LogP contribution in [-0.4, -0.2) is 34.6 Å². The van der Waals surface area contributed by atoms with Crippen molar-refractivity contribution in [1.29, 1.82) is 0 Å². The molecule has 0 aliphatic rings. The van der Waals surface area contributed by atoms with Crippen molar-refractivity contribution in [2.24, 2.45) is 12.0 Å². The highest BCUT2D eigenvalue weighted by atomic mass is 32.2. The van der Waals surface area contributed by atoms with Gasteiger partial charge in [0.05, 0.1) is 12.2 Å². The predicted octanol–water partition coefficient (Wildman–Crippen LogP) is 3.33. The number of aryl methyl sites for hydroxylation is 3. The average molecular weight is 374 g/mol. The van der Waals surface area contributed by atoms with Crippen molar-refractivity contribution in [1.82, 2.24) is 20.4 Å². The summed E-state index contributed by atoms with van der Waals surface area (Å²) in [4.78, 5) is 4.72. The van der Waals surface area contributed by atoms with Gasteiger partial charge in [0.1, 0.15) is 0 Å². The summed E-state index contributed by atoms with van der Waals surface area (Å²) in [7, 11) is 1.98. The third kappa shape index (κ3) is 6.09. The minimum absolute atomic E-state index is 0.650. The maximum atomic E-state index is 4.72. The number of nitrogens with one attached hydrogen (secondary N) is 2. The first-order valence-electron chi connectivity index (χ1n) is 9.15. The smallest absolute Gasteiger partial charge is 0.191 e. The van der Waals surface area contributed by atoms with Crippen LogP contribution >= 0.6 is 11.8 Å². The molecule has 2 N–H and O–H groups in total. The van der Waals surface area contributed by atoms with Crippen LogP contribution in [0.3, 0.4) is 0 Å². The van der Waals surface area contributed by atoms with Crippen molar-refractivity contribution in [3.63, 3.8) is 0 Å². The highest BCUT2D eigenvalue weighted by molar-refractivity contribution is 7.98. The molecule has 0 spiro atoms. The number of rotatable bonds is 8. The molecule has 0 saturated heterocycles. The van der Waals surface area contributed by atoms with Gasteiger partial charge in [0, 0.05) is 42.9 Å². The van der Waals surface area contributed by atoms with Gasteiger partial charge in [-0.3, -0.25) is 4.68 Å². The second-order valence-electron chi connectivity index (χ2n) is 6.43. The van der Waals surface area contributed by atoms with Crippen LogP contribution in [0.2, 0.25) is 0 Å². The zero-order chi connectivity index (χ0) is 18.9. The predicted molar refractivity (Wildman–Crippen MR) is 113 cm³/mol. The van der Waals surface area contributed by atoms with E-state index in [4.69, 9.17) is 4.99 Å². The number of guanidine groups is 1. The number of hydrogen-bond donors (Lipinski definition) is 2. The van der Waals surface area contributed by atoms with Gasteiger partial charge in [-0.1, -0.05) is 29.8 Å². The Hall–Kier alpha value is -1.95. The van der Waals surface area contributed by atoms with Crippen LogP contribution < -0.4 is 10.6 Å².